The van der Waals surface area contributed by atoms with E-state index < -0.39 is 35.1 Å². The lowest BCUT2D eigenvalue weighted by Crippen LogP contribution is -2.36. The first-order valence-electron chi connectivity index (χ1n) is 8.17. The van der Waals surface area contributed by atoms with Gasteiger partial charge < -0.3 is 14.2 Å². The lowest BCUT2D eigenvalue weighted by Gasteiger charge is -2.29. The first kappa shape index (κ1) is 21.9. The van der Waals surface area contributed by atoms with E-state index >= 15 is 0 Å². The molecule has 0 aromatic heterocycles. The smallest absolute Gasteiger partial charge is 0.360 e. The third-order valence-electron chi connectivity index (χ3n) is 4.29. The summed E-state index contributed by atoms with van der Waals surface area (Å²) in [6, 6.07) is 4.73. The third kappa shape index (κ3) is 4.05. The van der Waals surface area contributed by atoms with Crippen LogP contribution in [0.3, 0.4) is 0 Å². The summed E-state index contributed by atoms with van der Waals surface area (Å²) in [5.41, 5.74) is -1.33. The Bertz CT molecular complexity index is 908. The number of hydrogen-bond donors (Lipinski definition) is 0. The number of nitrogens with zero attached hydrogens (tertiary/aromatic N) is 1. The van der Waals surface area contributed by atoms with Gasteiger partial charge in [-0.05, 0) is 31.5 Å². The minimum Gasteiger partial charge on any atom is -0.470 e. The minimum absolute atomic E-state index is 0.172. The fourth-order valence-electron chi connectivity index (χ4n) is 3.12. The molecular weight excluding hydrogens is 409 g/mol. The number of carbonyl (C=O) groups excluding carboxylic acids is 3. The second-order valence-corrected chi connectivity index (χ2v) is 7.07. The number of ketones is 1. The maximum absolute atomic E-state index is 12.4. The Morgan fingerprint density at radius 1 is 1.18 bits per heavy atom. The van der Waals surface area contributed by atoms with Crippen molar-refractivity contribution in [1.82, 2.24) is 0 Å². The minimum atomic E-state index is -1.53. The van der Waals surface area contributed by atoms with Crippen molar-refractivity contribution in [2.24, 2.45) is 4.99 Å². The van der Waals surface area contributed by atoms with E-state index in [4.69, 9.17) is 32.7 Å². The Morgan fingerprint density at radius 2 is 1.82 bits per heavy atom. The first-order chi connectivity index (χ1) is 13.1. The average molecular weight is 428 g/mol. The molecule has 0 N–H and O–H groups in total. The summed E-state index contributed by atoms with van der Waals surface area (Å²) in [6.45, 7) is 4.28. The zero-order valence-corrected chi connectivity index (χ0v) is 17.5. The summed E-state index contributed by atoms with van der Waals surface area (Å²) >= 11 is 12.3. The number of ether oxygens (including phenoxy) is 3. The van der Waals surface area contributed by atoms with Crippen molar-refractivity contribution >= 4 is 46.6 Å². The molecule has 2 unspecified atom stereocenters. The maximum atomic E-state index is 12.4. The second kappa shape index (κ2) is 8.32. The Kier molecular flexibility index (Phi) is 6.52. The number of allylic oxidation sites excluding steroid dienone is 1. The zero-order chi connectivity index (χ0) is 21.2. The van der Waals surface area contributed by atoms with Crippen molar-refractivity contribution in [2.45, 2.75) is 32.4 Å². The summed E-state index contributed by atoms with van der Waals surface area (Å²) in [5, 5.41) is 0.665. The lowest BCUT2D eigenvalue weighted by molar-refractivity contribution is -0.136. The summed E-state index contributed by atoms with van der Waals surface area (Å²) in [6.07, 6.45) is 0. The number of Topliss-reactive ketones (excluding diaryl/α,β-unsaturated/α-hetero) is 1. The predicted molar refractivity (Wildman–Crippen MR) is 104 cm³/mol. The predicted octanol–water partition coefficient (Wildman–Crippen LogP) is 3.47. The van der Waals surface area contributed by atoms with Gasteiger partial charge in [-0.2, -0.15) is 0 Å². The van der Waals surface area contributed by atoms with Crippen LogP contribution in [-0.4, -0.2) is 43.4 Å². The van der Waals surface area contributed by atoms with Gasteiger partial charge in [-0.15, -0.1) is 0 Å². The standard InChI is InChI=1S/C19H19Cl2NO6/c1-9(23)16(18(25)27-5)22-19(3)15(12-7-6-11(20)8-13(12)21)14(10(2)28-19)17(24)26-4/h6-8,15H,1-5H3. The number of esters is 2. The molecular formula is C19H19Cl2NO6. The van der Waals surface area contributed by atoms with E-state index in [2.05, 4.69) is 9.73 Å². The van der Waals surface area contributed by atoms with Crippen molar-refractivity contribution < 1.29 is 28.6 Å². The van der Waals surface area contributed by atoms with Crippen LogP contribution in [-0.2, 0) is 28.6 Å². The molecule has 1 aromatic carbocycles. The van der Waals surface area contributed by atoms with E-state index in [9.17, 15) is 14.4 Å². The van der Waals surface area contributed by atoms with Crippen LogP contribution in [0, 0.1) is 0 Å². The highest BCUT2D eigenvalue weighted by molar-refractivity contribution is 6.64. The zero-order valence-electron chi connectivity index (χ0n) is 16.0. The van der Waals surface area contributed by atoms with Crippen molar-refractivity contribution in [3.63, 3.8) is 0 Å². The summed E-state index contributed by atoms with van der Waals surface area (Å²) < 4.78 is 15.4. The lowest BCUT2D eigenvalue weighted by atomic mass is 9.84. The van der Waals surface area contributed by atoms with E-state index in [0.29, 0.717) is 10.6 Å². The number of methoxy groups -OCH3 is 2. The SMILES string of the molecule is COC(=O)C(=NC1(C)OC(C)=C(C(=O)OC)C1c1ccc(Cl)cc1Cl)C(C)=O. The number of carbonyl (C=O) groups is 3. The molecule has 1 heterocycles. The number of hydrogen-bond acceptors (Lipinski definition) is 7. The van der Waals surface area contributed by atoms with Crippen LogP contribution in [0.4, 0.5) is 0 Å². The van der Waals surface area contributed by atoms with Gasteiger partial charge in [0.05, 0.1) is 25.7 Å². The summed E-state index contributed by atoms with van der Waals surface area (Å²) in [5.74, 6) is -2.79. The van der Waals surface area contributed by atoms with Gasteiger partial charge in [-0.25, -0.2) is 14.6 Å². The molecule has 1 aromatic rings. The molecule has 9 heteroatoms. The van der Waals surface area contributed by atoms with Crippen LogP contribution in [0.1, 0.15) is 32.3 Å². The molecule has 0 fully saturated rings. The molecule has 1 aliphatic heterocycles. The fourth-order valence-corrected chi connectivity index (χ4v) is 3.64. The highest BCUT2D eigenvalue weighted by Gasteiger charge is 2.51. The third-order valence-corrected chi connectivity index (χ3v) is 4.85. The van der Waals surface area contributed by atoms with Crippen molar-refractivity contribution in [2.75, 3.05) is 14.2 Å². The molecule has 0 spiro atoms. The van der Waals surface area contributed by atoms with E-state index in [0.717, 1.165) is 7.11 Å². The number of halogens is 2. The van der Waals surface area contributed by atoms with Gasteiger partial charge in [0.15, 0.2) is 11.5 Å². The van der Waals surface area contributed by atoms with Crippen molar-refractivity contribution in [3.8, 4) is 0 Å². The molecule has 2 rings (SSSR count). The average Bonchev–Trinajstić information content (AvgIpc) is 2.88. The first-order valence-corrected chi connectivity index (χ1v) is 8.93. The molecule has 7 nitrogen and oxygen atoms in total. The van der Waals surface area contributed by atoms with E-state index in [1.807, 2.05) is 0 Å². The topological polar surface area (TPSA) is 91.3 Å². The van der Waals surface area contributed by atoms with Crippen molar-refractivity contribution in [3.05, 3.63) is 45.1 Å². The molecule has 150 valence electrons. The van der Waals surface area contributed by atoms with Crippen LogP contribution >= 0.6 is 23.2 Å². The largest absolute Gasteiger partial charge is 0.470 e. The highest BCUT2D eigenvalue weighted by Crippen LogP contribution is 2.49. The molecule has 1 aliphatic rings. The number of benzene rings is 1. The number of aliphatic imine (C=N–C) groups is 1. The molecule has 0 bridgehead atoms. The van der Waals surface area contributed by atoms with Gasteiger partial charge in [0.25, 0.3) is 0 Å². The maximum Gasteiger partial charge on any atom is 0.360 e. The quantitative estimate of drug-likeness (QED) is 0.405. The Hall–Kier alpha value is -2.38. The normalized spacial score (nSPS) is 22.0. The van der Waals surface area contributed by atoms with Gasteiger partial charge in [0.2, 0.25) is 5.72 Å². The van der Waals surface area contributed by atoms with Crippen LogP contribution in [0.25, 0.3) is 0 Å². The highest BCUT2D eigenvalue weighted by atomic mass is 35.5. The molecule has 0 saturated carbocycles. The van der Waals surface area contributed by atoms with E-state index in [1.54, 1.807) is 19.1 Å². The van der Waals surface area contributed by atoms with Crippen LogP contribution in [0.2, 0.25) is 10.0 Å². The van der Waals surface area contributed by atoms with Crippen LogP contribution in [0.15, 0.2) is 34.5 Å². The van der Waals surface area contributed by atoms with E-state index in [-0.39, 0.29) is 16.4 Å². The molecule has 28 heavy (non-hydrogen) atoms. The molecule has 0 radical (unpaired) electrons. The Morgan fingerprint density at radius 3 is 2.32 bits per heavy atom. The van der Waals surface area contributed by atoms with Gasteiger partial charge in [0, 0.05) is 17.0 Å². The summed E-state index contributed by atoms with van der Waals surface area (Å²) in [4.78, 5) is 40.7. The fraction of sp³-hybridized carbons (Fsp3) is 0.368. The van der Waals surface area contributed by atoms with Gasteiger partial charge in [-0.3, -0.25) is 4.79 Å². The Labute approximate surface area is 172 Å². The Balaban J connectivity index is 2.74. The van der Waals surface area contributed by atoms with Crippen molar-refractivity contribution in [1.29, 1.82) is 0 Å². The summed E-state index contributed by atoms with van der Waals surface area (Å²) in [7, 11) is 2.37. The van der Waals surface area contributed by atoms with Crippen LogP contribution in [0.5, 0.6) is 0 Å². The van der Waals surface area contributed by atoms with Gasteiger partial charge >= 0.3 is 11.9 Å². The van der Waals surface area contributed by atoms with E-state index in [1.165, 1.54) is 27.0 Å². The molecule has 0 amide bonds. The van der Waals surface area contributed by atoms with Crippen LogP contribution < -0.4 is 0 Å². The van der Waals surface area contributed by atoms with Gasteiger partial charge in [0.1, 0.15) is 5.76 Å². The monoisotopic (exact) mass is 427 g/mol. The second-order valence-electron chi connectivity index (χ2n) is 6.23. The van der Waals surface area contributed by atoms with Gasteiger partial charge in [-0.1, -0.05) is 29.3 Å². The molecule has 2 atom stereocenters. The number of rotatable bonds is 5. The molecule has 0 saturated heterocycles. The molecule has 0 aliphatic carbocycles.